The van der Waals surface area contributed by atoms with Crippen LogP contribution >= 0.6 is 0 Å². The van der Waals surface area contributed by atoms with Gasteiger partial charge in [0.2, 0.25) is 5.95 Å². The van der Waals surface area contributed by atoms with Gasteiger partial charge in [0, 0.05) is 24.3 Å². The maximum atomic E-state index is 11.9. The molecule has 0 aliphatic rings. The van der Waals surface area contributed by atoms with E-state index in [-0.39, 0.29) is 12.2 Å². The normalized spacial score (nSPS) is 10.6. The van der Waals surface area contributed by atoms with Crippen molar-refractivity contribution in [2.24, 2.45) is 0 Å². The third-order valence-electron chi connectivity index (χ3n) is 3.22. The number of anilines is 2. The number of nitrogens with zero attached hydrogens (tertiary/aromatic N) is 1. The molecule has 3 N–H and O–H groups in total. The first-order chi connectivity index (χ1) is 9.51. The Morgan fingerprint density at radius 3 is 2.65 bits per heavy atom. The van der Waals surface area contributed by atoms with Crippen LogP contribution in [-0.4, -0.2) is 21.7 Å². The molecular weight excluding hydrogens is 254 g/mol. The fourth-order valence-electron chi connectivity index (χ4n) is 2.16. The molecule has 5 nitrogen and oxygen atoms in total. The van der Waals surface area contributed by atoms with Gasteiger partial charge in [0.05, 0.1) is 5.69 Å². The highest BCUT2D eigenvalue weighted by molar-refractivity contribution is 5.58. The number of nitrogens with one attached hydrogen (secondary N) is 2. The van der Waals surface area contributed by atoms with Gasteiger partial charge in [-0.1, -0.05) is 17.7 Å². The second-order valence-electron chi connectivity index (χ2n) is 4.90. The van der Waals surface area contributed by atoms with Crippen molar-refractivity contribution in [3.63, 3.8) is 0 Å². The van der Waals surface area contributed by atoms with Gasteiger partial charge in [0.1, 0.15) is 0 Å². The zero-order chi connectivity index (χ0) is 14.7. The molecule has 0 saturated carbocycles. The van der Waals surface area contributed by atoms with E-state index in [9.17, 15) is 4.79 Å². The fourth-order valence-corrected chi connectivity index (χ4v) is 2.16. The molecule has 0 atom stereocenters. The molecule has 0 bridgehead atoms. The Hall–Kier alpha value is -2.14. The highest BCUT2D eigenvalue weighted by atomic mass is 16.3. The molecule has 0 radical (unpaired) electrons. The topological polar surface area (TPSA) is 78.0 Å². The molecule has 1 aromatic heterocycles. The van der Waals surface area contributed by atoms with Gasteiger partial charge in [0.25, 0.3) is 5.56 Å². The summed E-state index contributed by atoms with van der Waals surface area (Å²) < 4.78 is 0. The Balaban J connectivity index is 2.33. The molecule has 20 heavy (non-hydrogen) atoms. The van der Waals surface area contributed by atoms with E-state index >= 15 is 0 Å². The van der Waals surface area contributed by atoms with Crippen molar-refractivity contribution in [1.82, 2.24) is 9.97 Å². The number of hydrogen-bond acceptors (Lipinski definition) is 4. The first-order valence-corrected chi connectivity index (χ1v) is 6.56. The molecule has 0 unspecified atom stereocenters. The van der Waals surface area contributed by atoms with Crippen LogP contribution in [-0.2, 0) is 6.42 Å². The van der Waals surface area contributed by atoms with Gasteiger partial charge in [-0.3, -0.25) is 9.78 Å². The lowest BCUT2D eigenvalue weighted by Gasteiger charge is -2.11. The lowest BCUT2D eigenvalue weighted by Crippen LogP contribution is -2.19. The van der Waals surface area contributed by atoms with Crippen LogP contribution in [0.15, 0.2) is 23.0 Å². The lowest BCUT2D eigenvalue weighted by molar-refractivity contribution is 0.298. The second kappa shape index (κ2) is 5.88. The number of benzene rings is 1. The Bertz CT molecular complexity index is 677. The summed E-state index contributed by atoms with van der Waals surface area (Å²) in [5, 5.41) is 12.1. The summed E-state index contributed by atoms with van der Waals surface area (Å²) in [5.74, 6) is 0.418. The van der Waals surface area contributed by atoms with Crippen molar-refractivity contribution >= 4 is 11.6 Å². The van der Waals surface area contributed by atoms with Crippen LogP contribution in [0.3, 0.4) is 0 Å². The Kier molecular flexibility index (Phi) is 4.20. The lowest BCUT2D eigenvalue weighted by atomic mass is 10.1. The number of H-pyrrole nitrogens is 1. The summed E-state index contributed by atoms with van der Waals surface area (Å²) in [6, 6.07) is 6.02. The van der Waals surface area contributed by atoms with E-state index in [1.54, 1.807) is 6.92 Å². The van der Waals surface area contributed by atoms with Crippen molar-refractivity contribution in [3.8, 4) is 0 Å². The minimum Gasteiger partial charge on any atom is -0.396 e. The largest absolute Gasteiger partial charge is 0.396 e. The van der Waals surface area contributed by atoms with Crippen molar-refractivity contribution in [3.05, 3.63) is 50.9 Å². The predicted molar refractivity (Wildman–Crippen MR) is 79.6 cm³/mol. The summed E-state index contributed by atoms with van der Waals surface area (Å²) >= 11 is 0. The van der Waals surface area contributed by atoms with Crippen LogP contribution in [0.5, 0.6) is 0 Å². The molecular formula is C15H19N3O2. The van der Waals surface area contributed by atoms with E-state index < -0.39 is 0 Å². The monoisotopic (exact) mass is 273 g/mol. The van der Waals surface area contributed by atoms with E-state index in [0.29, 0.717) is 23.6 Å². The third-order valence-corrected chi connectivity index (χ3v) is 3.22. The molecule has 0 aliphatic heterocycles. The number of aromatic nitrogens is 2. The number of aryl methyl sites for hydroxylation is 3. The molecule has 5 heteroatoms. The highest BCUT2D eigenvalue weighted by Crippen LogP contribution is 2.19. The quantitative estimate of drug-likeness (QED) is 0.796. The van der Waals surface area contributed by atoms with Crippen LogP contribution in [0, 0.1) is 20.8 Å². The minimum absolute atomic E-state index is 0.0601. The number of rotatable bonds is 4. The first-order valence-electron chi connectivity index (χ1n) is 6.56. The van der Waals surface area contributed by atoms with Gasteiger partial charge in [-0.2, -0.15) is 0 Å². The Morgan fingerprint density at radius 2 is 2.05 bits per heavy atom. The van der Waals surface area contributed by atoms with E-state index in [2.05, 4.69) is 21.4 Å². The Labute approximate surface area is 117 Å². The number of hydrogen-bond donors (Lipinski definition) is 3. The van der Waals surface area contributed by atoms with Gasteiger partial charge in [0.15, 0.2) is 0 Å². The summed E-state index contributed by atoms with van der Waals surface area (Å²) in [4.78, 5) is 19.0. The van der Waals surface area contributed by atoms with Crippen LogP contribution in [0.1, 0.15) is 22.4 Å². The molecule has 1 aromatic carbocycles. The molecule has 1 heterocycles. The van der Waals surface area contributed by atoms with Crippen LogP contribution < -0.4 is 10.9 Å². The van der Waals surface area contributed by atoms with Crippen molar-refractivity contribution in [1.29, 1.82) is 0 Å². The van der Waals surface area contributed by atoms with Crippen LogP contribution in [0.4, 0.5) is 11.6 Å². The molecule has 0 aliphatic carbocycles. The van der Waals surface area contributed by atoms with E-state index in [0.717, 1.165) is 11.3 Å². The number of aliphatic hydroxyl groups excluding tert-OH is 1. The average molecular weight is 273 g/mol. The van der Waals surface area contributed by atoms with Gasteiger partial charge < -0.3 is 10.4 Å². The van der Waals surface area contributed by atoms with Crippen molar-refractivity contribution in [2.75, 3.05) is 11.9 Å². The highest BCUT2D eigenvalue weighted by Gasteiger charge is 2.08. The van der Waals surface area contributed by atoms with E-state index in [1.165, 1.54) is 5.56 Å². The van der Waals surface area contributed by atoms with Crippen LogP contribution in [0.2, 0.25) is 0 Å². The smallest absolute Gasteiger partial charge is 0.255 e. The minimum atomic E-state index is -0.209. The second-order valence-corrected chi connectivity index (χ2v) is 4.90. The zero-order valence-electron chi connectivity index (χ0n) is 11.9. The maximum absolute atomic E-state index is 11.9. The molecule has 2 rings (SSSR count). The molecule has 2 aromatic rings. The predicted octanol–water partition coefficient (Wildman–Crippen LogP) is 1.97. The molecule has 0 fully saturated rings. The number of aliphatic hydroxyl groups is 1. The van der Waals surface area contributed by atoms with Gasteiger partial charge in [-0.05, 0) is 32.4 Å². The van der Waals surface area contributed by atoms with Crippen molar-refractivity contribution < 1.29 is 5.11 Å². The maximum Gasteiger partial charge on any atom is 0.255 e. The molecule has 106 valence electrons. The molecule has 0 spiro atoms. The standard InChI is InChI=1S/C15H19N3O2/c1-9-4-5-13(10(2)8-9)17-15-16-11(3)12(6-7-19)14(20)18-15/h4-5,8,19H,6-7H2,1-3H3,(H2,16,17,18,20). The van der Waals surface area contributed by atoms with Gasteiger partial charge in [-0.25, -0.2) is 4.98 Å². The number of aromatic amines is 1. The van der Waals surface area contributed by atoms with E-state index in [1.807, 2.05) is 26.0 Å². The van der Waals surface area contributed by atoms with Crippen LogP contribution in [0.25, 0.3) is 0 Å². The summed E-state index contributed by atoms with van der Waals surface area (Å²) in [6.07, 6.45) is 0.317. The molecule has 0 amide bonds. The summed E-state index contributed by atoms with van der Waals surface area (Å²) in [6.45, 7) is 5.74. The van der Waals surface area contributed by atoms with Gasteiger partial charge in [-0.15, -0.1) is 0 Å². The third kappa shape index (κ3) is 3.05. The van der Waals surface area contributed by atoms with Gasteiger partial charge >= 0.3 is 0 Å². The average Bonchev–Trinajstić information content (AvgIpc) is 2.37. The van der Waals surface area contributed by atoms with E-state index in [4.69, 9.17) is 5.11 Å². The fraction of sp³-hybridized carbons (Fsp3) is 0.333. The zero-order valence-corrected chi connectivity index (χ0v) is 11.9. The van der Waals surface area contributed by atoms with Crippen molar-refractivity contribution in [2.45, 2.75) is 27.2 Å². The Morgan fingerprint density at radius 1 is 1.30 bits per heavy atom. The first kappa shape index (κ1) is 14.3. The molecule has 0 saturated heterocycles. The summed E-state index contributed by atoms with van der Waals surface area (Å²) in [5.41, 5.74) is 4.13. The summed E-state index contributed by atoms with van der Waals surface area (Å²) in [7, 11) is 0. The SMILES string of the molecule is Cc1ccc(Nc2nc(C)c(CCO)c(=O)[nH]2)c(C)c1.